The molecule has 8 heteroatoms. The fourth-order valence-corrected chi connectivity index (χ4v) is 1.89. The van der Waals surface area contributed by atoms with Crippen LogP contribution in [0.3, 0.4) is 0 Å². The maximum atomic E-state index is 11.8. The Hall–Kier alpha value is -3.68. The second kappa shape index (κ2) is 10.3. The fourth-order valence-electron chi connectivity index (χ4n) is 1.89. The Kier molecular flexibility index (Phi) is 7.52. The number of esters is 1. The summed E-state index contributed by atoms with van der Waals surface area (Å²) < 4.78 is 9.74. The number of nitrogens with zero attached hydrogens (tertiary/aromatic N) is 1. The smallest absolute Gasteiger partial charge is 0.347 e. The van der Waals surface area contributed by atoms with Crippen molar-refractivity contribution in [3.63, 3.8) is 0 Å². The molecule has 0 atom stereocenters. The van der Waals surface area contributed by atoms with Gasteiger partial charge < -0.3 is 14.3 Å². The molecule has 0 radical (unpaired) electrons. The second-order valence-corrected chi connectivity index (χ2v) is 5.19. The van der Waals surface area contributed by atoms with Gasteiger partial charge in [0.2, 0.25) is 6.61 Å². The van der Waals surface area contributed by atoms with Crippen molar-refractivity contribution >= 4 is 24.0 Å². The lowest BCUT2D eigenvalue weighted by Gasteiger charge is -2.05. The highest BCUT2D eigenvalue weighted by molar-refractivity contribution is 6.05. The van der Waals surface area contributed by atoms with Crippen molar-refractivity contribution in [2.75, 3.05) is 20.3 Å². The first kappa shape index (κ1) is 19.6. The molecule has 0 spiro atoms. The molecule has 0 heterocycles. The number of rotatable bonds is 8. The number of oxime groups is 1. The Morgan fingerprint density at radius 3 is 2.37 bits per heavy atom. The van der Waals surface area contributed by atoms with Gasteiger partial charge in [0.1, 0.15) is 5.75 Å². The molecule has 2 aromatic carbocycles. The summed E-state index contributed by atoms with van der Waals surface area (Å²) in [7, 11) is 1.57. The number of carbonyl (C=O) groups is 3. The Labute approximate surface area is 155 Å². The molecule has 0 saturated heterocycles. The first-order chi connectivity index (χ1) is 13.1. The average molecular weight is 370 g/mol. The molecule has 2 rings (SSSR count). The summed E-state index contributed by atoms with van der Waals surface area (Å²) in [5.41, 5.74) is 1.08. The molecule has 0 saturated carbocycles. The third kappa shape index (κ3) is 6.99. The van der Waals surface area contributed by atoms with Crippen LogP contribution in [0.15, 0.2) is 59.8 Å². The second-order valence-electron chi connectivity index (χ2n) is 5.19. The van der Waals surface area contributed by atoms with E-state index in [1.165, 1.54) is 6.21 Å². The molecule has 2 aromatic rings. The van der Waals surface area contributed by atoms with Gasteiger partial charge in [0.05, 0.1) is 13.3 Å². The molecule has 0 aliphatic heterocycles. The van der Waals surface area contributed by atoms with Crippen molar-refractivity contribution in [3.8, 4) is 5.75 Å². The molecule has 0 unspecified atom stereocenters. The van der Waals surface area contributed by atoms with Crippen LogP contribution in [0.5, 0.6) is 5.75 Å². The van der Waals surface area contributed by atoms with E-state index >= 15 is 0 Å². The van der Waals surface area contributed by atoms with E-state index in [9.17, 15) is 14.4 Å². The van der Waals surface area contributed by atoms with Crippen LogP contribution in [0.25, 0.3) is 0 Å². The number of ether oxygens (including phenoxy) is 2. The van der Waals surface area contributed by atoms with Gasteiger partial charge in [-0.25, -0.2) is 4.79 Å². The standard InChI is InChI=1S/C19H18N2O6/c1-25-16-9-7-14(8-10-16)11-20-27-13-18(23)26-12-17(22)21-19(24)15-5-3-2-4-6-15/h2-11H,12-13H2,1H3,(H,21,22,24)/b20-11+. The number of methoxy groups -OCH3 is 1. The molecular formula is C19H18N2O6. The minimum atomic E-state index is -0.788. The molecule has 0 aliphatic rings. The van der Waals surface area contributed by atoms with Crippen molar-refractivity contribution in [3.05, 3.63) is 65.7 Å². The predicted molar refractivity (Wildman–Crippen MR) is 96.4 cm³/mol. The maximum Gasteiger partial charge on any atom is 0.347 e. The Morgan fingerprint density at radius 2 is 1.70 bits per heavy atom. The summed E-state index contributed by atoms with van der Waals surface area (Å²) in [6, 6.07) is 15.2. The van der Waals surface area contributed by atoms with E-state index in [-0.39, 0.29) is 0 Å². The normalized spacial score (nSPS) is 10.3. The van der Waals surface area contributed by atoms with Gasteiger partial charge in [0.15, 0.2) is 6.61 Å². The van der Waals surface area contributed by atoms with Crippen LogP contribution in [0.1, 0.15) is 15.9 Å². The number of hydrogen-bond donors (Lipinski definition) is 1. The van der Waals surface area contributed by atoms with Gasteiger partial charge in [-0.3, -0.25) is 14.9 Å². The van der Waals surface area contributed by atoms with Crippen molar-refractivity contribution in [2.45, 2.75) is 0 Å². The molecule has 0 bridgehead atoms. The van der Waals surface area contributed by atoms with Gasteiger partial charge in [-0.2, -0.15) is 0 Å². The van der Waals surface area contributed by atoms with Crippen molar-refractivity contribution < 1.29 is 28.7 Å². The Bertz CT molecular complexity index is 803. The van der Waals surface area contributed by atoms with Crippen LogP contribution < -0.4 is 10.1 Å². The highest BCUT2D eigenvalue weighted by Crippen LogP contribution is 2.09. The number of hydrogen-bond acceptors (Lipinski definition) is 7. The van der Waals surface area contributed by atoms with E-state index in [1.807, 2.05) is 0 Å². The van der Waals surface area contributed by atoms with Crippen LogP contribution in [-0.4, -0.2) is 44.3 Å². The lowest BCUT2D eigenvalue weighted by molar-refractivity contribution is -0.152. The van der Waals surface area contributed by atoms with E-state index in [1.54, 1.807) is 61.7 Å². The van der Waals surface area contributed by atoms with Crippen molar-refractivity contribution in [1.29, 1.82) is 0 Å². The predicted octanol–water partition coefficient (Wildman–Crippen LogP) is 1.55. The van der Waals surface area contributed by atoms with Gasteiger partial charge in [0.25, 0.3) is 11.8 Å². The molecule has 0 fully saturated rings. The molecule has 8 nitrogen and oxygen atoms in total. The SMILES string of the molecule is COc1ccc(/C=N/OCC(=O)OCC(=O)NC(=O)c2ccccc2)cc1. The molecule has 0 aliphatic carbocycles. The highest BCUT2D eigenvalue weighted by Gasteiger charge is 2.12. The van der Waals surface area contributed by atoms with Crippen molar-refractivity contribution in [2.24, 2.45) is 5.16 Å². The fraction of sp³-hybridized carbons (Fsp3) is 0.158. The molecule has 140 valence electrons. The summed E-state index contributed by atoms with van der Waals surface area (Å²) >= 11 is 0. The average Bonchev–Trinajstić information content (AvgIpc) is 2.70. The van der Waals surface area contributed by atoms with Crippen molar-refractivity contribution in [1.82, 2.24) is 5.32 Å². The van der Waals surface area contributed by atoms with Gasteiger partial charge in [0, 0.05) is 5.56 Å². The zero-order chi connectivity index (χ0) is 19.5. The number of carbonyl (C=O) groups excluding carboxylic acids is 3. The number of nitrogens with one attached hydrogen (secondary N) is 1. The zero-order valence-electron chi connectivity index (χ0n) is 14.6. The van der Waals surface area contributed by atoms with Crippen LogP contribution in [0.4, 0.5) is 0 Å². The van der Waals surface area contributed by atoms with Crippen LogP contribution in [-0.2, 0) is 19.2 Å². The summed E-state index contributed by atoms with van der Waals surface area (Å²) in [6.07, 6.45) is 1.41. The number of imide groups is 1. The molecule has 27 heavy (non-hydrogen) atoms. The largest absolute Gasteiger partial charge is 0.497 e. The van der Waals surface area contributed by atoms with Gasteiger partial charge in [-0.05, 0) is 42.0 Å². The van der Waals surface area contributed by atoms with Gasteiger partial charge >= 0.3 is 5.97 Å². The van der Waals surface area contributed by atoms with Crippen LogP contribution >= 0.6 is 0 Å². The number of amides is 2. The Balaban J connectivity index is 1.65. The van der Waals surface area contributed by atoms with Crippen LogP contribution in [0.2, 0.25) is 0 Å². The summed E-state index contributed by atoms with van der Waals surface area (Å²) in [4.78, 5) is 39.7. The Morgan fingerprint density at radius 1 is 1.00 bits per heavy atom. The summed E-state index contributed by atoms with van der Waals surface area (Å²) in [5.74, 6) is -1.39. The van der Waals surface area contributed by atoms with Crippen LogP contribution in [0, 0.1) is 0 Å². The lowest BCUT2D eigenvalue weighted by atomic mass is 10.2. The quantitative estimate of drug-likeness (QED) is 0.430. The molecule has 1 N–H and O–H groups in total. The summed E-state index contributed by atoms with van der Waals surface area (Å²) in [6.45, 7) is -1.06. The van der Waals surface area contributed by atoms with E-state index in [4.69, 9.17) is 14.3 Å². The molecular weight excluding hydrogens is 352 g/mol. The highest BCUT2D eigenvalue weighted by atomic mass is 16.7. The monoisotopic (exact) mass is 370 g/mol. The third-order valence-corrected chi connectivity index (χ3v) is 3.23. The minimum Gasteiger partial charge on any atom is -0.497 e. The van der Waals surface area contributed by atoms with E-state index in [2.05, 4.69) is 10.5 Å². The zero-order valence-corrected chi connectivity index (χ0v) is 14.6. The summed E-state index contributed by atoms with van der Waals surface area (Å²) in [5, 5.41) is 5.74. The van der Waals surface area contributed by atoms with Gasteiger partial charge in [-0.15, -0.1) is 0 Å². The molecule has 0 aromatic heterocycles. The topological polar surface area (TPSA) is 103 Å². The molecule has 2 amide bonds. The van der Waals surface area contributed by atoms with E-state index in [0.29, 0.717) is 11.3 Å². The van der Waals surface area contributed by atoms with E-state index in [0.717, 1.165) is 5.56 Å². The lowest BCUT2D eigenvalue weighted by Crippen LogP contribution is -2.34. The number of benzene rings is 2. The maximum absolute atomic E-state index is 11.8. The van der Waals surface area contributed by atoms with E-state index < -0.39 is 31.0 Å². The third-order valence-electron chi connectivity index (χ3n) is 3.23. The first-order valence-electron chi connectivity index (χ1n) is 7.92. The van der Waals surface area contributed by atoms with Gasteiger partial charge in [-0.1, -0.05) is 23.4 Å². The minimum absolute atomic E-state index is 0.327. The first-order valence-corrected chi connectivity index (χ1v) is 7.92.